The summed E-state index contributed by atoms with van der Waals surface area (Å²) in [4.78, 5) is 60.4. The van der Waals surface area contributed by atoms with Gasteiger partial charge in [0.2, 0.25) is 17.5 Å². The molecule has 0 saturated carbocycles. The Balaban J connectivity index is 0.000000377. The van der Waals surface area contributed by atoms with E-state index in [4.69, 9.17) is 4.74 Å². The van der Waals surface area contributed by atoms with Crippen molar-refractivity contribution in [2.24, 2.45) is 0 Å². The van der Waals surface area contributed by atoms with Crippen molar-refractivity contribution >= 4 is 29.4 Å². The van der Waals surface area contributed by atoms with Crippen LogP contribution in [-0.4, -0.2) is 92.4 Å². The van der Waals surface area contributed by atoms with Gasteiger partial charge in [0.05, 0.1) is 12.2 Å². The molecule has 1 saturated heterocycles. The number of nitrogens with one attached hydrogen (secondary N) is 2. The van der Waals surface area contributed by atoms with Crippen molar-refractivity contribution in [1.29, 1.82) is 0 Å². The quantitative estimate of drug-likeness (QED) is 0.184. The highest BCUT2D eigenvalue weighted by molar-refractivity contribution is 6.28. The number of carbonyl (C=O) groups is 5. The molecule has 3 rings (SSSR count). The molecule has 1 aliphatic rings. The molecular weight excluding hydrogens is 536 g/mol. The lowest BCUT2D eigenvalue weighted by atomic mass is 9.73. The zero-order chi connectivity index (χ0) is 31.2. The third-order valence-electron chi connectivity index (χ3n) is 6.24. The molecular formula is C29H36N2O10. The van der Waals surface area contributed by atoms with E-state index in [0.717, 1.165) is 30.8 Å². The number of hydrogen-bond acceptors (Lipinski definition) is 9. The smallest absolute Gasteiger partial charge is 0.348 e. The fourth-order valence-corrected chi connectivity index (χ4v) is 3.78. The highest BCUT2D eigenvalue weighted by atomic mass is 16.5. The maximum Gasteiger partial charge on any atom is 0.348 e. The summed E-state index contributed by atoms with van der Waals surface area (Å²) in [5, 5.41) is 46.2. The van der Waals surface area contributed by atoms with E-state index in [-0.39, 0.29) is 28.7 Å². The number of carboxylic acid groups (broad SMARTS) is 2. The highest BCUT2D eigenvalue weighted by Gasteiger charge is 2.69. The molecule has 6 N–H and O–H groups in total. The van der Waals surface area contributed by atoms with Gasteiger partial charge in [-0.05, 0) is 34.6 Å². The highest BCUT2D eigenvalue weighted by Crippen LogP contribution is 2.32. The van der Waals surface area contributed by atoms with E-state index in [1.54, 1.807) is 13.8 Å². The minimum Gasteiger partial charge on any atom is -0.479 e. The number of ketones is 2. The molecule has 1 fully saturated rings. The van der Waals surface area contributed by atoms with Crippen molar-refractivity contribution in [2.45, 2.75) is 57.5 Å². The number of hydrogen-bond donors (Lipinski definition) is 6. The number of aliphatic carboxylic acids is 2. The summed E-state index contributed by atoms with van der Waals surface area (Å²) in [5.74, 6) is -7.97. The van der Waals surface area contributed by atoms with Crippen LogP contribution in [0.3, 0.4) is 0 Å². The largest absolute Gasteiger partial charge is 0.479 e. The molecule has 0 aromatic heterocycles. The van der Waals surface area contributed by atoms with Crippen LogP contribution in [0.2, 0.25) is 0 Å². The summed E-state index contributed by atoms with van der Waals surface area (Å²) in [5.41, 5.74) is -7.45. The van der Waals surface area contributed by atoms with Crippen LogP contribution in [0, 0.1) is 13.8 Å². The number of carbonyl (C=O) groups excluding carboxylic acids is 3. The van der Waals surface area contributed by atoms with Gasteiger partial charge in [0.1, 0.15) is 6.04 Å². The van der Waals surface area contributed by atoms with Crippen LogP contribution in [0.1, 0.15) is 52.6 Å². The number of aliphatic hydroxyl groups is 2. The summed E-state index contributed by atoms with van der Waals surface area (Å²) in [6.07, 6.45) is 0. The van der Waals surface area contributed by atoms with Gasteiger partial charge >= 0.3 is 11.9 Å². The van der Waals surface area contributed by atoms with E-state index in [1.807, 2.05) is 20.8 Å². The fourth-order valence-electron chi connectivity index (χ4n) is 3.78. The van der Waals surface area contributed by atoms with Gasteiger partial charge in [0.25, 0.3) is 11.2 Å². The number of Topliss-reactive ketones (excluding diaryl/α,β-unsaturated/α-hetero) is 2. The Bertz CT molecular complexity index is 1200. The van der Waals surface area contributed by atoms with Crippen LogP contribution in [0.5, 0.6) is 0 Å². The summed E-state index contributed by atoms with van der Waals surface area (Å²) in [6.45, 7) is 11.3. The second-order valence-electron chi connectivity index (χ2n) is 10.6. The van der Waals surface area contributed by atoms with Gasteiger partial charge in [-0.3, -0.25) is 14.4 Å². The lowest BCUT2D eigenvalue weighted by molar-refractivity contribution is -0.187. The molecule has 0 bridgehead atoms. The molecule has 222 valence electrons. The van der Waals surface area contributed by atoms with Gasteiger partial charge < -0.3 is 35.8 Å². The van der Waals surface area contributed by atoms with Gasteiger partial charge in [-0.1, -0.05) is 59.7 Å². The number of aryl methyl sites for hydroxylation is 2. The van der Waals surface area contributed by atoms with Crippen molar-refractivity contribution in [1.82, 2.24) is 10.6 Å². The minimum absolute atomic E-state index is 0.0375. The number of amides is 1. The molecule has 2 aromatic rings. The van der Waals surface area contributed by atoms with Crippen molar-refractivity contribution < 1.29 is 49.1 Å². The lowest BCUT2D eigenvalue weighted by Gasteiger charge is -2.34. The predicted molar refractivity (Wildman–Crippen MR) is 147 cm³/mol. The van der Waals surface area contributed by atoms with Gasteiger partial charge in [-0.2, -0.15) is 0 Å². The first-order valence-electron chi connectivity index (χ1n) is 12.7. The monoisotopic (exact) mass is 572 g/mol. The molecule has 0 aliphatic carbocycles. The molecule has 41 heavy (non-hydrogen) atoms. The normalized spacial score (nSPS) is 18.0. The minimum atomic E-state index is -3.96. The number of piperazine rings is 1. The van der Waals surface area contributed by atoms with E-state index >= 15 is 0 Å². The van der Waals surface area contributed by atoms with E-state index in [2.05, 4.69) is 10.6 Å². The van der Waals surface area contributed by atoms with Crippen LogP contribution in [-0.2, 0) is 19.1 Å². The molecule has 1 amide bonds. The van der Waals surface area contributed by atoms with Crippen molar-refractivity contribution in [3.8, 4) is 0 Å². The molecule has 12 nitrogen and oxygen atoms in total. The molecule has 0 spiro atoms. The van der Waals surface area contributed by atoms with Crippen LogP contribution in [0.4, 0.5) is 0 Å². The summed E-state index contributed by atoms with van der Waals surface area (Å²) >= 11 is 0. The first-order chi connectivity index (χ1) is 18.9. The van der Waals surface area contributed by atoms with E-state index in [0.29, 0.717) is 24.3 Å². The van der Waals surface area contributed by atoms with E-state index in [9.17, 15) is 44.4 Å². The average molecular weight is 573 g/mol. The zero-order valence-corrected chi connectivity index (χ0v) is 23.6. The number of rotatable bonds is 9. The third kappa shape index (κ3) is 7.61. The van der Waals surface area contributed by atoms with Gasteiger partial charge in [0.15, 0.2) is 0 Å². The van der Waals surface area contributed by atoms with Crippen LogP contribution < -0.4 is 10.6 Å². The molecule has 1 heterocycles. The topological polar surface area (TPSA) is 200 Å². The second kappa shape index (κ2) is 13.1. The Hall–Kier alpha value is -3.97. The van der Waals surface area contributed by atoms with Crippen LogP contribution in [0.25, 0.3) is 0 Å². The molecule has 2 aromatic carbocycles. The molecule has 1 aliphatic heterocycles. The Labute approximate surface area is 237 Å². The summed E-state index contributed by atoms with van der Waals surface area (Å²) in [6, 6.07) is 10.2. The van der Waals surface area contributed by atoms with Gasteiger partial charge in [0, 0.05) is 24.2 Å². The predicted octanol–water partition coefficient (Wildman–Crippen LogP) is 0.890. The molecule has 0 unspecified atom stereocenters. The Kier molecular flexibility index (Phi) is 10.6. The van der Waals surface area contributed by atoms with Crippen LogP contribution >= 0.6 is 0 Å². The Morgan fingerprint density at radius 2 is 1.17 bits per heavy atom. The molecule has 3 atom stereocenters. The van der Waals surface area contributed by atoms with Gasteiger partial charge in [-0.25, -0.2) is 9.59 Å². The average Bonchev–Trinajstić information content (AvgIpc) is 2.91. The fraction of sp³-hybridized carbons (Fsp3) is 0.414. The van der Waals surface area contributed by atoms with Crippen LogP contribution in [0.15, 0.2) is 48.5 Å². The van der Waals surface area contributed by atoms with Gasteiger partial charge in [-0.15, -0.1) is 0 Å². The maximum atomic E-state index is 12.8. The van der Waals surface area contributed by atoms with E-state index in [1.165, 1.54) is 24.3 Å². The number of benzene rings is 2. The first kappa shape index (κ1) is 33.2. The lowest BCUT2D eigenvalue weighted by Crippen LogP contribution is -2.71. The third-order valence-corrected chi connectivity index (χ3v) is 6.24. The molecule has 12 heteroatoms. The number of carboxylic acids is 2. The number of ether oxygens (including phenoxy) is 1. The van der Waals surface area contributed by atoms with Crippen molar-refractivity contribution in [3.05, 3.63) is 70.8 Å². The van der Waals surface area contributed by atoms with E-state index < -0.39 is 34.7 Å². The first-order valence-corrected chi connectivity index (χ1v) is 12.7. The maximum absolute atomic E-state index is 12.8. The zero-order valence-electron chi connectivity index (χ0n) is 23.6. The Morgan fingerprint density at radius 1 is 0.780 bits per heavy atom. The molecule has 0 radical (unpaired) electrons. The summed E-state index contributed by atoms with van der Waals surface area (Å²) < 4.78 is 5.52. The SMILES string of the molecule is CC(C)(C)OC[C@H]1NCCNC1=O.Cc1ccc(C(=O)[C@](O)(C(=O)O)[C@@](O)(C(=O)O)C(=O)c2ccc(C)cc2)cc1. The van der Waals surface area contributed by atoms with Crippen molar-refractivity contribution in [2.75, 3.05) is 19.7 Å². The second-order valence-corrected chi connectivity index (χ2v) is 10.6. The summed E-state index contributed by atoms with van der Waals surface area (Å²) in [7, 11) is 0. The van der Waals surface area contributed by atoms with Crippen molar-refractivity contribution in [3.63, 3.8) is 0 Å². The Morgan fingerprint density at radius 3 is 1.49 bits per heavy atom. The standard InChI is InChI=1S/C20H18O8.C9H18N2O2/c1-11-3-7-13(8-4-11)15(21)19(27,17(23)24)20(28,18(25)26)16(22)14-9-5-12(2)6-10-14;1-9(2,3)13-6-7-8(12)11-5-4-10-7/h3-10,27-28H,1-2H3,(H,23,24)(H,25,26);7,10H,4-6H2,1-3H3,(H,11,12)/t19-,20-;7-/m01/s1.